The molecule has 0 N–H and O–H groups in total. The number of aromatic nitrogens is 4. The molecule has 3 heterocycles. The highest BCUT2D eigenvalue weighted by atomic mass is 15.4. The van der Waals surface area contributed by atoms with Gasteiger partial charge < -0.3 is 0 Å². The molecule has 0 aliphatic carbocycles. The van der Waals surface area contributed by atoms with Gasteiger partial charge in [0.1, 0.15) is 5.82 Å². The van der Waals surface area contributed by atoms with Crippen LogP contribution in [0.25, 0.3) is 0 Å². The summed E-state index contributed by atoms with van der Waals surface area (Å²) in [4.78, 5) is 10.9. The van der Waals surface area contributed by atoms with Crippen molar-refractivity contribution < 1.29 is 0 Å². The molecule has 1 aliphatic heterocycles. The number of likely N-dealkylation sites (tertiary alicyclic amines) is 1. The Balaban J connectivity index is 1.56. The Morgan fingerprint density at radius 3 is 2.94 bits per heavy atom. The third kappa shape index (κ3) is 2.19. The molecule has 17 heavy (non-hydrogen) atoms. The SMILES string of the molecule is Cc1nccc(CN2CC(n3cccn3)C2)n1. The maximum absolute atomic E-state index is 4.41. The molecule has 0 saturated carbocycles. The van der Waals surface area contributed by atoms with E-state index in [1.165, 1.54) is 0 Å². The molecule has 1 fully saturated rings. The fourth-order valence-corrected chi connectivity index (χ4v) is 2.16. The lowest BCUT2D eigenvalue weighted by Gasteiger charge is -2.38. The zero-order valence-corrected chi connectivity index (χ0v) is 9.82. The van der Waals surface area contributed by atoms with Crippen molar-refractivity contribution in [3.05, 3.63) is 42.2 Å². The van der Waals surface area contributed by atoms with Crippen molar-refractivity contribution in [2.45, 2.75) is 19.5 Å². The Morgan fingerprint density at radius 1 is 1.35 bits per heavy atom. The van der Waals surface area contributed by atoms with Crippen molar-refractivity contribution in [1.29, 1.82) is 0 Å². The second-order valence-corrected chi connectivity index (χ2v) is 4.43. The highest BCUT2D eigenvalue weighted by Crippen LogP contribution is 2.21. The third-order valence-corrected chi connectivity index (χ3v) is 3.06. The second kappa shape index (κ2) is 4.25. The molecule has 1 saturated heterocycles. The zero-order valence-electron chi connectivity index (χ0n) is 9.82. The quantitative estimate of drug-likeness (QED) is 0.789. The minimum Gasteiger partial charge on any atom is -0.293 e. The van der Waals surface area contributed by atoms with Gasteiger partial charge in [0.15, 0.2) is 0 Å². The van der Waals surface area contributed by atoms with Gasteiger partial charge in [-0.2, -0.15) is 5.10 Å². The molecular weight excluding hydrogens is 214 g/mol. The number of rotatable bonds is 3. The molecule has 2 aromatic heterocycles. The minimum atomic E-state index is 0.521. The lowest BCUT2D eigenvalue weighted by Crippen LogP contribution is -2.47. The van der Waals surface area contributed by atoms with E-state index in [-0.39, 0.29) is 0 Å². The number of nitrogens with zero attached hydrogens (tertiary/aromatic N) is 5. The third-order valence-electron chi connectivity index (χ3n) is 3.06. The van der Waals surface area contributed by atoms with Crippen molar-refractivity contribution in [3.8, 4) is 0 Å². The van der Waals surface area contributed by atoms with Crippen LogP contribution in [-0.2, 0) is 6.54 Å². The summed E-state index contributed by atoms with van der Waals surface area (Å²) < 4.78 is 2.03. The van der Waals surface area contributed by atoms with Crippen LogP contribution in [0.4, 0.5) is 0 Å². The lowest BCUT2D eigenvalue weighted by atomic mass is 10.1. The summed E-state index contributed by atoms with van der Waals surface area (Å²) >= 11 is 0. The molecule has 1 aliphatic rings. The summed E-state index contributed by atoms with van der Waals surface area (Å²) in [6, 6.07) is 4.47. The molecule has 0 bridgehead atoms. The molecule has 0 amide bonds. The molecule has 0 spiro atoms. The van der Waals surface area contributed by atoms with Gasteiger partial charge in [-0.3, -0.25) is 9.58 Å². The summed E-state index contributed by atoms with van der Waals surface area (Å²) in [6.45, 7) is 4.92. The minimum absolute atomic E-state index is 0.521. The molecular formula is C12H15N5. The smallest absolute Gasteiger partial charge is 0.125 e. The van der Waals surface area contributed by atoms with E-state index >= 15 is 0 Å². The Hall–Kier alpha value is -1.75. The van der Waals surface area contributed by atoms with Crippen molar-refractivity contribution >= 4 is 0 Å². The van der Waals surface area contributed by atoms with E-state index in [1.807, 2.05) is 42.3 Å². The average Bonchev–Trinajstić information content (AvgIpc) is 2.76. The fourth-order valence-electron chi connectivity index (χ4n) is 2.16. The largest absolute Gasteiger partial charge is 0.293 e. The van der Waals surface area contributed by atoms with Crippen LogP contribution in [0, 0.1) is 6.92 Å². The first-order valence-electron chi connectivity index (χ1n) is 5.81. The molecule has 2 aromatic rings. The molecule has 0 unspecified atom stereocenters. The Labute approximate surface area is 100 Å². The molecule has 0 atom stereocenters. The van der Waals surface area contributed by atoms with Gasteiger partial charge in [-0.15, -0.1) is 0 Å². The monoisotopic (exact) mass is 229 g/mol. The Morgan fingerprint density at radius 2 is 2.24 bits per heavy atom. The van der Waals surface area contributed by atoms with Gasteiger partial charge in [-0.05, 0) is 19.1 Å². The van der Waals surface area contributed by atoms with Crippen LogP contribution in [0.3, 0.4) is 0 Å². The molecule has 3 rings (SSSR count). The van der Waals surface area contributed by atoms with Gasteiger partial charge in [-0.25, -0.2) is 9.97 Å². The van der Waals surface area contributed by atoms with Crippen molar-refractivity contribution in [3.63, 3.8) is 0 Å². The number of hydrogen-bond acceptors (Lipinski definition) is 4. The standard InChI is InChI=1S/C12H15N5/c1-10-13-5-3-11(15-10)7-16-8-12(9-16)17-6-2-4-14-17/h2-6,12H,7-9H2,1H3. The van der Waals surface area contributed by atoms with Gasteiger partial charge in [0, 0.05) is 38.2 Å². The average molecular weight is 229 g/mol. The summed E-state index contributed by atoms with van der Waals surface area (Å²) in [5, 5.41) is 4.26. The van der Waals surface area contributed by atoms with Crippen LogP contribution >= 0.6 is 0 Å². The van der Waals surface area contributed by atoms with Crippen LogP contribution in [0.5, 0.6) is 0 Å². The Bertz CT molecular complexity index is 487. The Kier molecular flexibility index (Phi) is 2.60. The van der Waals surface area contributed by atoms with E-state index in [4.69, 9.17) is 0 Å². The number of aryl methyl sites for hydroxylation is 1. The van der Waals surface area contributed by atoms with E-state index in [2.05, 4.69) is 20.0 Å². The van der Waals surface area contributed by atoms with Gasteiger partial charge >= 0.3 is 0 Å². The maximum Gasteiger partial charge on any atom is 0.125 e. The van der Waals surface area contributed by atoms with Crippen LogP contribution in [0.2, 0.25) is 0 Å². The topological polar surface area (TPSA) is 46.8 Å². The van der Waals surface area contributed by atoms with E-state index in [9.17, 15) is 0 Å². The van der Waals surface area contributed by atoms with Crippen LogP contribution in [0.1, 0.15) is 17.6 Å². The molecule has 5 nitrogen and oxygen atoms in total. The van der Waals surface area contributed by atoms with E-state index in [0.717, 1.165) is 31.2 Å². The summed E-state index contributed by atoms with van der Waals surface area (Å²) in [5.41, 5.74) is 1.09. The van der Waals surface area contributed by atoms with E-state index < -0.39 is 0 Å². The highest BCUT2D eigenvalue weighted by Gasteiger charge is 2.28. The zero-order chi connectivity index (χ0) is 11.7. The van der Waals surface area contributed by atoms with Crippen LogP contribution in [-0.4, -0.2) is 37.7 Å². The predicted molar refractivity (Wildman–Crippen MR) is 63.3 cm³/mol. The summed E-state index contributed by atoms with van der Waals surface area (Å²) in [7, 11) is 0. The first-order chi connectivity index (χ1) is 8.31. The van der Waals surface area contributed by atoms with Crippen molar-refractivity contribution in [2.75, 3.05) is 13.1 Å². The maximum atomic E-state index is 4.41. The molecule has 0 radical (unpaired) electrons. The van der Waals surface area contributed by atoms with Crippen LogP contribution < -0.4 is 0 Å². The summed E-state index contributed by atoms with van der Waals surface area (Å²) in [6.07, 6.45) is 5.68. The van der Waals surface area contributed by atoms with Gasteiger partial charge in [0.05, 0.1) is 11.7 Å². The van der Waals surface area contributed by atoms with Gasteiger partial charge in [0.2, 0.25) is 0 Å². The molecule has 5 heteroatoms. The normalized spacial score (nSPS) is 17.0. The molecule has 0 aromatic carbocycles. The fraction of sp³-hybridized carbons (Fsp3) is 0.417. The van der Waals surface area contributed by atoms with Crippen molar-refractivity contribution in [1.82, 2.24) is 24.6 Å². The van der Waals surface area contributed by atoms with Gasteiger partial charge in [-0.1, -0.05) is 0 Å². The van der Waals surface area contributed by atoms with Crippen molar-refractivity contribution in [2.24, 2.45) is 0 Å². The van der Waals surface area contributed by atoms with E-state index in [1.54, 1.807) is 0 Å². The van der Waals surface area contributed by atoms with Gasteiger partial charge in [0.25, 0.3) is 0 Å². The van der Waals surface area contributed by atoms with E-state index in [0.29, 0.717) is 6.04 Å². The first-order valence-corrected chi connectivity index (χ1v) is 5.81. The van der Waals surface area contributed by atoms with Crippen LogP contribution in [0.15, 0.2) is 30.7 Å². The summed E-state index contributed by atoms with van der Waals surface area (Å²) in [5.74, 6) is 0.839. The predicted octanol–water partition coefficient (Wildman–Crippen LogP) is 1.04. The highest BCUT2D eigenvalue weighted by molar-refractivity contribution is 5.03. The molecule has 88 valence electrons. The lowest BCUT2D eigenvalue weighted by molar-refractivity contribution is 0.0895. The number of hydrogen-bond donors (Lipinski definition) is 0. The second-order valence-electron chi connectivity index (χ2n) is 4.43. The first kappa shape index (κ1) is 10.4.